The van der Waals surface area contributed by atoms with E-state index >= 15 is 0 Å². The minimum atomic E-state index is -0.184. The lowest BCUT2D eigenvalue weighted by atomic mass is 10.2. The molecule has 98 valence electrons. The predicted octanol–water partition coefficient (Wildman–Crippen LogP) is 2.24. The third-order valence-electron chi connectivity index (χ3n) is 2.67. The molecule has 0 spiro atoms. The van der Waals surface area contributed by atoms with Crippen molar-refractivity contribution in [3.05, 3.63) is 22.2 Å². The van der Waals surface area contributed by atoms with Gasteiger partial charge in [0.15, 0.2) is 0 Å². The summed E-state index contributed by atoms with van der Waals surface area (Å²) in [5.74, 6) is 0.922. The summed E-state index contributed by atoms with van der Waals surface area (Å²) in [6.07, 6.45) is 0.858. The van der Waals surface area contributed by atoms with Crippen molar-refractivity contribution in [1.29, 1.82) is 0 Å². The second-order valence-electron chi connectivity index (χ2n) is 3.79. The third kappa shape index (κ3) is 2.44. The van der Waals surface area contributed by atoms with Crippen LogP contribution in [0.25, 0.3) is 0 Å². The highest BCUT2D eigenvalue weighted by Crippen LogP contribution is 2.36. The van der Waals surface area contributed by atoms with Gasteiger partial charge in [-0.15, -0.1) is 0 Å². The molecule has 1 saturated heterocycles. The Balaban J connectivity index is 2.35. The summed E-state index contributed by atoms with van der Waals surface area (Å²) < 4.78 is 11.1. The molecule has 1 aliphatic rings. The maximum Gasteiger partial charge on any atom is 0.277 e. The number of benzene rings is 1. The lowest BCUT2D eigenvalue weighted by Gasteiger charge is -2.16. The topological polar surface area (TPSA) is 48.0 Å². The smallest absolute Gasteiger partial charge is 0.277 e. The van der Waals surface area contributed by atoms with Gasteiger partial charge < -0.3 is 9.47 Å². The molecule has 5 nitrogen and oxygen atoms in total. The number of amides is 1. The molecule has 0 aromatic heterocycles. The zero-order valence-corrected chi connectivity index (χ0v) is 11.8. The molecule has 1 fully saturated rings. The summed E-state index contributed by atoms with van der Waals surface area (Å²) in [5, 5.41) is 1.36. The first-order chi connectivity index (χ1) is 8.67. The van der Waals surface area contributed by atoms with Gasteiger partial charge in [0, 0.05) is 5.56 Å². The summed E-state index contributed by atoms with van der Waals surface area (Å²) in [5.41, 5.74) is 0.480. The number of hydrogen-bond donors (Lipinski definition) is 0. The summed E-state index contributed by atoms with van der Waals surface area (Å²) in [6, 6.07) is 3.33. The first-order valence-electron chi connectivity index (χ1n) is 5.53. The lowest BCUT2D eigenvalue weighted by Crippen LogP contribution is -2.26. The minimum Gasteiger partial charge on any atom is -0.495 e. The molecule has 18 heavy (non-hydrogen) atoms. The van der Waals surface area contributed by atoms with E-state index in [2.05, 4.69) is 15.9 Å². The third-order valence-corrected chi connectivity index (χ3v) is 3.45. The monoisotopic (exact) mass is 315 g/mol. The van der Waals surface area contributed by atoms with Crippen LogP contribution >= 0.6 is 15.9 Å². The van der Waals surface area contributed by atoms with Crippen molar-refractivity contribution >= 4 is 21.8 Å². The minimum absolute atomic E-state index is 0.184. The number of ether oxygens (including phenoxy) is 2. The number of hydrogen-bond acceptors (Lipinski definition) is 4. The Labute approximate surface area is 114 Å². The molecule has 1 heterocycles. The molecule has 0 aliphatic carbocycles. The van der Waals surface area contributed by atoms with Crippen LogP contribution in [0.4, 0.5) is 0 Å². The van der Waals surface area contributed by atoms with Crippen LogP contribution in [0, 0.1) is 0 Å². The number of rotatable bonds is 3. The average molecular weight is 316 g/mol. The molecule has 0 unspecified atom stereocenters. The fourth-order valence-electron chi connectivity index (χ4n) is 1.74. The lowest BCUT2D eigenvalue weighted by molar-refractivity contribution is -0.0768. The van der Waals surface area contributed by atoms with Crippen molar-refractivity contribution in [3.63, 3.8) is 0 Å². The Hall–Kier alpha value is -1.27. The van der Waals surface area contributed by atoms with E-state index in [0.29, 0.717) is 34.7 Å². The van der Waals surface area contributed by atoms with Crippen molar-refractivity contribution in [2.75, 3.05) is 27.4 Å². The second kappa shape index (κ2) is 5.58. The Morgan fingerprint density at radius 3 is 2.39 bits per heavy atom. The van der Waals surface area contributed by atoms with Crippen LogP contribution in [0.2, 0.25) is 0 Å². The zero-order chi connectivity index (χ0) is 13.1. The van der Waals surface area contributed by atoms with Crippen LogP contribution in [0.5, 0.6) is 11.5 Å². The van der Waals surface area contributed by atoms with Crippen LogP contribution < -0.4 is 9.47 Å². The Morgan fingerprint density at radius 1 is 1.33 bits per heavy atom. The van der Waals surface area contributed by atoms with Gasteiger partial charge >= 0.3 is 0 Å². The number of nitrogens with zero attached hydrogens (tertiary/aromatic N) is 1. The number of carbonyl (C=O) groups is 1. The summed E-state index contributed by atoms with van der Waals surface area (Å²) in [4.78, 5) is 17.4. The molecule has 1 aromatic rings. The molecule has 0 bridgehead atoms. The highest BCUT2D eigenvalue weighted by Gasteiger charge is 2.23. The van der Waals surface area contributed by atoms with Gasteiger partial charge in [0.1, 0.15) is 16.0 Å². The van der Waals surface area contributed by atoms with Gasteiger partial charge in [-0.05, 0) is 34.5 Å². The number of halogens is 1. The molecule has 0 atom stereocenters. The van der Waals surface area contributed by atoms with Crippen molar-refractivity contribution in [2.24, 2.45) is 0 Å². The molecule has 1 aliphatic heterocycles. The van der Waals surface area contributed by atoms with E-state index in [4.69, 9.17) is 14.3 Å². The van der Waals surface area contributed by atoms with Gasteiger partial charge in [-0.2, -0.15) is 0 Å². The number of carbonyl (C=O) groups excluding carboxylic acids is 1. The van der Waals surface area contributed by atoms with Gasteiger partial charge in [0.2, 0.25) is 0 Å². The molecular formula is C12H14BrNO4. The van der Waals surface area contributed by atoms with Crippen molar-refractivity contribution in [3.8, 4) is 11.5 Å². The van der Waals surface area contributed by atoms with Crippen molar-refractivity contribution in [2.45, 2.75) is 6.42 Å². The molecule has 0 radical (unpaired) electrons. The maximum absolute atomic E-state index is 12.2. The quantitative estimate of drug-likeness (QED) is 0.858. The normalized spacial score (nSPS) is 14.7. The molecule has 1 aromatic carbocycles. The second-order valence-corrected chi connectivity index (χ2v) is 4.58. The van der Waals surface area contributed by atoms with E-state index in [9.17, 15) is 4.79 Å². The Morgan fingerprint density at radius 2 is 1.94 bits per heavy atom. The van der Waals surface area contributed by atoms with E-state index in [0.717, 1.165) is 6.42 Å². The standard InChI is InChI=1S/C12H14BrNO4/c1-16-9-6-8(7-10(17-2)11(9)13)12(15)14-4-3-5-18-14/h6-7H,3-5H2,1-2H3. The number of hydroxylamine groups is 2. The van der Waals surface area contributed by atoms with Gasteiger partial charge in [-0.1, -0.05) is 0 Å². The van der Waals surface area contributed by atoms with E-state index in [1.807, 2.05) is 0 Å². The molecule has 1 amide bonds. The van der Waals surface area contributed by atoms with Gasteiger partial charge in [0.25, 0.3) is 5.91 Å². The highest BCUT2D eigenvalue weighted by molar-refractivity contribution is 9.10. The highest BCUT2D eigenvalue weighted by atomic mass is 79.9. The van der Waals surface area contributed by atoms with Crippen LogP contribution in [0.1, 0.15) is 16.8 Å². The predicted molar refractivity (Wildman–Crippen MR) is 68.9 cm³/mol. The molecule has 2 rings (SSSR count). The largest absolute Gasteiger partial charge is 0.495 e. The Bertz CT molecular complexity index is 432. The van der Waals surface area contributed by atoms with Gasteiger partial charge in [-0.3, -0.25) is 9.63 Å². The zero-order valence-electron chi connectivity index (χ0n) is 10.2. The van der Waals surface area contributed by atoms with Gasteiger partial charge in [-0.25, -0.2) is 5.06 Å². The van der Waals surface area contributed by atoms with E-state index in [1.165, 1.54) is 5.06 Å². The first kappa shape index (κ1) is 13.2. The molecule has 0 saturated carbocycles. The van der Waals surface area contributed by atoms with Crippen molar-refractivity contribution < 1.29 is 19.1 Å². The molecule has 6 heteroatoms. The average Bonchev–Trinajstić information content (AvgIpc) is 2.92. The summed E-state index contributed by atoms with van der Waals surface area (Å²) in [7, 11) is 3.08. The van der Waals surface area contributed by atoms with E-state index in [-0.39, 0.29) is 5.91 Å². The van der Waals surface area contributed by atoms with Crippen LogP contribution in [0.15, 0.2) is 16.6 Å². The van der Waals surface area contributed by atoms with Crippen molar-refractivity contribution in [1.82, 2.24) is 5.06 Å². The first-order valence-corrected chi connectivity index (χ1v) is 6.33. The number of methoxy groups -OCH3 is 2. The van der Waals surface area contributed by atoms with Crippen LogP contribution in [-0.2, 0) is 4.84 Å². The fourth-order valence-corrected chi connectivity index (χ4v) is 2.30. The van der Waals surface area contributed by atoms with E-state index in [1.54, 1.807) is 26.4 Å². The summed E-state index contributed by atoms with van der Waals surface area (Å²) in [6.45, 7) is 1.19. The summed E-state index contributed by atoms with van der Waals surface area (Å²) >= 11 is 3.36. The van der Waals surface area contributed by atoms with E-state index < -0.39 is 0 Å². The molecular weight excluding hydrogens is 302 g/mol. The molecule has 0 N–H and O–H groups in total. The SMILES string of the molecule is COc1cc(C(=O)N2CCCO2)cc(OC)c1Br. The van der Waals surface area contributed by atoms with Crippen LogP contribution in [-0.4, -0.2) is 38.3 Å². The maximum atomic E-state index is 12.2. The van der Waals surface area contributed by atoms with Gasteiger partial charge in [0.05, 0.1) is 27.4 Å². The van der Waals surface area contributed by atoms with Crippen LogP contribution in [0.3, 0.4) is 0 Å². The Kier molecular flexibility index (Phi) is 4.08. The fraction of sp³-hybridized carbons (Fsp3) is 0.417.